The van der Waals surface area contributed by atoms with Gasteiger partial charge in [-0.1, -0.05) is 41.7 Å². The Labute approximate surface area is 179 Å². The Morgan fingerprint density at radius 1 is 1.08 bits per heavy atom. The number of ether oxygens (including phenoxy) is 1. The Morgan fingerprint density at radius 2 is 1.69 bits per heavy atom. The van der Waals surface area contributed by atoms with E-state index in [2.05, 4.69) is 36.8 Å². The normalized spacial score (nSPS) is 9.73. The molecule has 0 saturated carbocycles. The zero-order valence-corrected chi connectivity index (χ0v) is 16.6. The molecule has 0 spiro atoms. The number of hydrogen-bond donors (Lipinski definition) is 0. The second-order valence-electron chi connectivity index (χ2n) is 6.49. The van der Waals surface area contributed by atoms with E-state index in [0.29, 0.717) is 0 Å². The Morgan fingerprint density at radius 3 is 2.19 bits per heavy atom. The summed E-state index contributed by atoms with van der Waals surface area (Å²) in [5.74, 6) is 1.23. The summed E-state index contributed by atoms with van der Waals surface area (Å²) in [6.45, 7) is 10.9. The molecule has 26 heavy (non-hydrogen) atoms. The summed E-state index contributed by atoms with van der Waals surface area (Å²) in [7, 11) is 0. The minimum Gasteiger partial charge on any atom is -0.870 e. The van der Waals surface area contributed by atoms with E-state index in [0.717, 1.165) is 16.7 Å². The van der Waals surface area contributed by atoms with Crippen LogP contribution in [0, 0.1) is 12.0 Å². The predicted octanol–water partition coefficient (Wildman–Crippen LogP) is -0.952. The van der Waals surface area contributed by atoms with Crippen LogP contribution < -0.4 is 37.7 Å². The van der Waals surface area contributed by atoms with Gasteiger partial charge in [0.2, 0.25) is 0 Å². The SMILES string of the molecule is CC(C)(C)O[C-]=O.C[C-](C)c1[c-]ccc2c1oc1ccccc12.[Li+].[Li+].[OH-]. The molecule has 1 aromatic heterocycles. The molecule has 0 amide bonds. The minimum atomic E-state index is -0.373. The van der Waals surface area contributed by atoms with Crippen LogP contribution in [0.1, 0.15) is 40.2 Å². The molecule has 0 bridgehead atoms. The minimum absolute atomic E-state index is 0. The molecule has 0 unspecified atom stereocenters. The van der Waals surface area contributed by atoms with Crippen molar-refractivity contribution < 1.29 is 57.1 Å². The van der Waals surface area contributed by atoms with Crippen LogP contribution in [0.4, 0.5) is 0 Å². The van der Waals surface area contributed by atoms with Crippen molar-refractivity contribution in [2.24, 2.45) is 0 Å². The van der Waals surface area contributed by atoms with Gasteiger partial charge in [0.25, 0.3) is 0 Å². The summed E-state index contributed by atoms with van der Waals surface area (Å²) in [5.41, 5.74) is 2.60. The fourth-order valence-corrected chi connectivity index (χ4v) is 2.19. The largest absolute Gasteiger partial charge is 1.00 e. The van der Waals surface area contributed by atoms with E-state index >= 15 is 0 Å². The predicted molar refractivity (Wildman–Crippen MR) is 94.7 cm³/mol. The molecule has 3 rings (SSSR count). The number of benzene rings is 2. The van der Waals surface area contributed by atoms with Gasteiger partial charge in [-0.25, -0.2) is 0 Å². The average molecular weight is 340 g/mol. The fraction of sp³-hybridized carbons (Fsp3) is 0.300. The molecule has 4 nitrogen and oxygen atoms in total. The van der Waals surface area contributed by atoms with E-state index in [1.165, 1.54) is 23.2 Å². The van der Waals surface area contributed by atoms with Crippen LogP contribution >= 0.6 is 0 Å². The van der Waals surface area contributed by atoms with Crippen molar-refractivity contribution in [3.05, 3.63) is 53.9 Å². The maximum absolute atomic E-state index is 9.47. The van der Waals surface area contributed by atoms with Gasteiger partial charge in [-0.15, -0.1) is 13.8 Å². The van der Waals surface area contributed by atoms with Crippen LogP contribution in [0.5, 0.6) is 0 Å². The van der Waals surface area contributed by atoms with Gasteiger partial charge in [-0.2, -0.15) is 6.07 Å². The smallest absolute Gasteiger partial charge is 0.870 e. The van der Waals surface area contributed by atoms with Gasteiger partial charge in [0.1, 0.15) is 5.58 Å². The van der Waals surface area contributed by atoms with Crippen molar-refractivity contribution in [2.75, 3.05) is 0 Å². The molecule has 0 radical (unpaired) electrons. The Hall–Kier alpha value is -1.27. The molecule has 0 aliphatic rings. The molecule has 130 valence electrons. The first-order valence-electron chi connectivity index (χ1n) is 7.51. The molecule has 2 aromatic carbocycles. The summed E-state index contributed by atoms with van der Waals surface area (Å²) in [6, 6.07) is 15.4. The number of rotatable bonds is 2. The van der Waals surface area contributed by atoms with Crippen LogP contribution in [0.3, 0.4) is 0 Å². The monoisotopic (exact) mass is 340 g/mol. The first kappa shape index (κ1) is 27.0. The molecule has 0 fully saturated rings. The number of hydrogen-bond acceptors (Lipinski definition) is 4. The second kappa shape index (κ2) is 11.4. The van der Waals surface area contributed by atoms with Gasteiger partial charge in [-0.05, 0) is 26.8 Å². The second-order valence-corrected chi connectivity index (χ2v) is 6.49. The van der Waals surface area contributed by atoms with Crippen molar-refractivity contribution in [1.82, 2.24) is 0 Å². The summed E-state index contributed by atoms with van der Waals surface area (Å²) in [5, 5.41) is 2.35. The molecular weight excluding hydrogens is 318 g/mol. The number of carbonyl (C=O) groups excluding carboxylic acids is 1. The van der Waals surface area contributed by atoms with Gasteiger partial charge >= 0.3 is 37.7 Å². The van der Waals surface area contributed by atoms with Gasteiger partial charge in [0.05, 0.1) is 5.60 Å². The van der Waals surface area contributed by atoms with E-state index in [1.807, 2.05) is 24.3 Å². The van der Waals surface area contributed by atoms with Crippen molar-refractivity contribution in [3.63, 3.8) is 0 Å². The quantitative estimate of drug-likeness (QED) is 0.446. The molecule has 0 saturated heterocycles. The van der Waals surface area contributed by atoms with E-state index < -0.39 is 0 Å². The van der Waals surface area contributed by atoms with Gasteiger partial charge in [0, 0.05) is 5.39 Å². The van der Waals surface area contributed by atoms with Crippen LogP contribution in [-0.2, 0) is 9.53 Å². The number of furan rings is 1. The topological polar surface area (TPSA) is 69.4 Å². The van der Waals surface area contributed by atoms with Crippen molar-refractivity contribution in [3.8, 4) is 0 Å². The molecule has 0 aliphatic carbocycles. The third-order valence-electron chi connectivity index (χ3n) is 3.19. The van der Waals surface area contributed by atoms with E-state index in [4.69, 9.17) is 4.42 Å². The number of para-hydroxylation sites is 1. The maximum Gasteiger partial charge on any atom is 1.00 e. The fourth-order valence-electron chi connectivity index (χ4n) is 2.19. The third-order valence-corrected chi connectivity index (χ3v) is 3.19. The van der Waals surface area contributed by atoms with E-state index in [1.54, 1.807) is 20.8 Å². The molecule has 3 aromatic rings. The Bertz CT molecular complexity index is 804. The van der Waals surface area contributed by atoms with Crippen LogP contribution in [0.2, 0.25) is 0 Å². The molecule has 0 aliphatic heterocycles. The zero-order valence-electron chi connectivity index (χ0n) is 16.6. The van der Waals surface area contributed by atoms with Crippen LogP contribution in [0.15, 0.2) is 40.8 Å². The van der Waals surface area contributed by atoms with E-state index in [-0.39, 0.29) is 48.8 Å². The molecular formula is C20H22Li2O4-2. The summed E-state index contributed by atoms with van der Waals surface area (Å²) < 4.78 is 10.3. The van der Waals surface area contributed by atoms with Gasteiger partial charge in [-0.3, -0.25) is 5.92 Å². The zero-order chi connectivity index (χ0) is 17.0. The number of fused-ring (bicyclic) bond motifs is 3. The Balaban J connectivity index is 0. The maximum atomic E-state index is 9.47. The van der Waals surface area contributed by atoms with Crippen molar-refractivity contribution >= 4 is 28.4 Å². The molecule has 0 atom stereocenters. The van der Waals surface area contributed by atoms with Gasteiger partial charge in [0.15, 0.2) is 0 Å². The third kappa shape index (κ3) is 6.80. The summed E-state index contributed by atoms with van der Waals surface area (Å²) in [6.07, 6.45) is 0. The first-order chi connectivity index (χ1) is 10.8. The van der Waals surface area contributed by atoms with Crippen molar-refractivity contribution in [2.45, 2.75) is 40.2 Å². The summed E-state index contributed by atoms with van der Waals surface area (Å²) >= 11 is 0. The van der Waals surface area contributed by atoms with E-state index in [9.17, 15) is 4.79 Å². The van der Waals surface area contributed by atoms with Gasteiger partial charge < -0.3 is 31.1 Å². The standard InChI is InChI=1S/C15H12O.C5H9O2.2Li.H2O/c1-10(2)11-7-5-8-13-12-6-3-4-9-14(12)16-15(11)13;1-5(2,3)7-4-6;;;/h3-6,8-9H,1-2H3;1-3H3;;;1H2/q-2;-1;2*+1;/p-1. The van der Waals surface area contributed by atoms with Crippen LogP contribution in [-0.4, -0.2) is 17.5 Å². The van der Waals surface area contributed by atoms with Crippen molar-refractivity contribution in [1.29, 1.82) is 0 Å². The summed E-state index contributed by atoms with van der Waals surface area (Å²) in [4.78, 5) is 9.47. The molecule has 1 N–H and O–H groups in total. The van der Waals surface area contributed by atoms with Crippen LogP contribution in [0.25, 0.3) is 21.9 Å². The average Bonchev–Trinajstić information content (AvgIpc) is 2.85. The Kier molecular flexibility index (Phi) is 11.9. The molecule has 1 heterocycles. The first-order valence-corrected chi connectivity index (χ1v) is 7.51. The molecule has 6 heteroatoms.